The maximum absolute atomic E-state index is 14.2. The van der Waals surface area contributed by atoms with Crippen molar-refractivity contribution in [2.24, 2.45) is 0 Å². The molecule has 280 valence electrons. The number of amides is 2. The quantitative estimate of drug-likeness (QED) is 0.248. The molecular weight excluding hydrogens is 687 g/mol. The van der Waals surface area contributed by atoms with Crippen molar-refractivity contribution in [3.63, 3.8) is 0 Å². The summed E-state index contributed by atoms with van der Waals surface area (Å²) < 4.78 is 49.8. The second-order valence-electron chi connectivity index (χ2n) is 14.6. The highest BCUT2D eigenvalue weighted by atomic mass is 19.4. The van der Waals surface area contributed by atoms with E-state index in [1.165, 1.54) is 18.5 Å². The Balaban J connectivity index is 1.20. The van der Waals surface area contributed by atoms with Gasteiger partial charge in [0.2, 0.25) is 0 Å². The van der Waals surface area contributed by atoms with E-state index in [9.17, 15) is 22.8 Å². The smallest absolute Gasteiger partial charge is 0.416 e. The van der Waals surface area contributed by atoms with Crippen LogP contribution in [0.25, 0.3) is 11.0 Å². The number of ether oxygens (including phenoxy) is 1. The van der Waals surface area contributed by atoms with Gasteiger partial charge in [0, 0.05) is 62.6 Å². The summed E-state index contributed by atoms with van der Waals surface area (Å²) in [6.45, 7) is 11.4. The number of nitrogens with zero attached hydrogens (tertiary/aromatic N) is 7. The second kappa shape index (κ2) is 15.0. The molecule has 0 aliphatic carbocycles. The molecule has 0 bridgehead atoms. The molecule has 2 fully saturated rings. The van der Waals surface area contributed by atoms with E-state index in [-0.39, 0.29) is 41.3 Å². The van der Waals surface area contributed by atoms with Crippen molar-refractivity contribution in [2.45, 2.75) is 64.9 Å². The number of aryl methyl sites for hydroxylation is 1. The van der Waals surface area contributed by atoms with Gasteiger partial charge in [-0.1, -0.05) is 18.1 Å². The number of carbonyl (C=O) groups is 2. The van der Waals surface area contributed by atoms with Crippen LogP contribution < -0.4 is 11.1 Å². The number of nitrogens with two attached hydrogens (primary N) is 1. The van der Waals surface area contributed by atoms with Crippen LogP contribution in [0.1, 0.15) is 78.0 Å². The van der Waals surface area contributed by atoms with Gasteiger partial charge in [-0.05, 0) is 88.9 Å². The molecule has 2 saturated heterocycles. The summed E-state index contributed by atoms with van der Waals surface area (Å²) in [6.07, 6.45) is -2.34. The number of aromatic nitrogens is 4. The van der Waals surface area contributed by atoms with Gasteiger partial charge in [-0.2, -0.15) is 18.3 Å². The van der Waals surface area contributed by atoms with E-state index in [2.05, 4.69) is 32.0 Å². The number of fused-ring (bicyclic) bond motifs is 1. The van der Waals surface area contributed by atoms with E-state index < -0.39 is 23.2 Å². The van der Waals surface area contributed by atoms with E-state index >= 15 is 0 Å². The molecule has 2 aliphatic rings. The number of nitrogens with one attached hydrogen (secondary N) is 1. The average Bonchev–Trinajstić information content (AvgIpc) is 3.48. The minimum Gasteiger partial charge on any atom is -0.444 e. The van der Waals surface area contributed by atoms with Crippen molar-refractivity contribution in [1.29, 1.82) is 0 Å². The van der Waals surface area contributed by atoms with Crippen LogP contribution in [0.3, 0.4) is 0 Å². The number of likely N-dealkylation sites (N-methyl/N-ethyl adjacent to an activating group) is 1. The number of hydrogen-bond acceptors (Lipinski definition) is 9. The summed E-state index contributed by atoms with van der Waals surface area (Å²) in [5.74, 6) is 5.84. The first-order valence-corrected chi connectivity index (χ1v) is 17.6. The molecule has 12 nitrogen and oxygen atoms in total. The van der Waals surface area contributed by atoms with E-state index in [0.29, 0.717) is 61.3 Å². The van der Waals surface area contributed by atoms with E-state index in [1.807, 2.05) is 39.6 Å². The van der Waals surface area contributed by atoms with Crippen LogP contribution in [0.4, 0.5) is 29.5 Å². The molecule has 53 heavy (non-hydrogen) atoms. The Morgan fingerprint density at radius 3 is 2.38 bits per heavy atom. The van der Waals surface area contributed by atoms with Gasteiger partial charge in [0.15, 0.2) is 5.65 Å². The zero-order chi connectivity index (χ0) is 38.1. The van der Waals surface area contributed by atoms with Crippen molar-refractivity contribution < 1.29 is 27.5 Å². The molecule has 2 amide bonds. The third-order valence-electron chi connectivity index (χ3n) is 9.46. The number of piperidine rings is 1. The topological polar surface area (TPSA) is 135 Å². The van der Waals surface area contributed by atoms with Crippen LogP contribution >= 0.6 is 0 Å². The molecule has 15 heteroatoms. The number of halogens is 3. The normalized spacial score (nSPS) is 16.3. The summed E-state index contributed by atoms with van der Waals surface area (Å²) >= 11 is 0. The fourth-order valence-electron chi connectivity index (χ4n) is 6.49. The highest BCUT2D eigenvalue weighted by Gasteiger charge is 2.34. The van der Waals surface area contributed by atoms with Gasteiger partial charge < -0.3 is 25.6 Å². The number of alkyl halides is 3. The summed E-state index contributed by atoms with van der Waals surface area (Å²) in [4.78, 5) is 40.4. The molecule has 4 aromatic rings. The molecule has 3 N–H and O–H groups in total. The highest BCUT2D eigenvalue weighted by molar-refractivity contribution is 6.04. The van der Waals surface area contributed by atoms with Crippen molar-refractivity contribution in [3.05, 3.63) is 76.2 Å². The number of anilines is 2. The van der Waals surface area contributed by atoms with Gasteiger partial charge in [-0.3, -0.25) is 9.69 Å². The van der Waals surface area contributed by atoms with Crippen LogP contribution in [-0.4, -0.2) is 98.4 Å². The Hall–Kier alpha value is -5.20. The Kier molecular flexibility index (Phi) is 10.7. The lowest BCUT2D eigenvalue weighted by atomic mass is 10.0. The lowest BCUT2D eigenvalue weighted by molar-refractivity contribution is -0.138. The van der Waals surface area contributed by atoms with Crippen molar-refractivity contribution >= 4 is 34.5 Å². The number of benzene rings is 2. The molecule has 0 unspecified atom stereocenters. The summed E-state index contributed by atoms with van der Waals surface area (Å²) in [5.41, 5.74) is 7.56. The number of nitrogen functional groups attached to an aromatic ring is 1. The predicted molar refractivity (Wildman–Crippen MR) is 195 cm³/mol. The Morgan fingerprint density at radius 2 is 1.70 bits per heavy atom. The van der Waals surface area contributed by atoms with Gasteiger partial charge in [-0.15, -0.1) is 0 Å². The first-order valence-electron chi connectivity index (χ1n) is 17.6. The summed E-state index contributed by atoms with van der Waals surface area (Å²) in [6, 6.07) is 8.78. The molecule has 0 atom stereocenters. The molecular formula is C38H44F3N9O3. The minimum absolute atomic E-state index is 0.0436. The zero-order valence-corrected chi connectivity index (χ0v) is 30.5. The average molecular weight is 732 g/mol. The van der Waals surface area contributed by atoms with Crippen molar-refractivity contribution in [3.8, 4) is 11.8 Å². The standard InChI is InChI=1S/C38H44F3N9O3/c1-24-6-7-26(35(51)45-28-10-8-27(30(21-28)38(39,40)41)22-48-18-16-47(5)17-19-48)20-25(24)9-11-31-32-33(42)43-23-44-34(32)50(46-31)29-12-14-49(15-13-29)36(52)53-37(2,3)4/h6-8,10,20-21,23,29H,12-19,22H2,1-5H3,(H,45,51)(H2,42,43,44). The van der Waals surface area contributed by atoms with Crippen LogP contribution in [0.5, 0.6) is 0 Å². The number of piperazine rings is 1. The van der Waals surface area contributed by atoms with Crippen LogP contribution in [-0.2, 0) is 17.5 Å². The van der Waals surface area contributed by atoms with E-state index in [1.54, 1.807) is 27.8 Å². The number of carbonyl (C=O) groups excluding carboxylic acids is 2. The molecule has 0 spiro atoms. The molecule has 4 heterocycles. The minimum atomic E-state index is -4.59. The lowest BCUT2D eigenvalue weighted by Gasteiger charge is -2.33. The zero-order valence-electron chi connectivity index (χ0n) is 30.5. The molecule has 2 aliphatic heterocycles. The molecule has 6 rings (SSSR count). The SMILES string of the molecule is Cc1ccc(C(=O)Nc2ccc(CN3CCN(C)CC3)c(C(F)(F)F)c2)cc1C#Cc1nn(C2CCN(C(=O)OC(C)(C)C)CC2)c2ncnc(N)c12. The fourth-order valence-corrected chi connectivity index (χ4v) is 6.49. The van der Waals surface area contributed by atoms with E-state index in [4.69, 9.17) is 15.6 Å². The molecule has 2 aromatic carbocycles. The largest absolute Gasteiger partial charge is 0.444 e. The van der Waals surface area contributed by atoms with Crippen LogP contribution in [0.15, 0.2) is 42.7 Å². The van der Waals surface area contributed by atoms with Crippen molar-refractivity contribution in [1.82, 2.24) is 34.4 Å². The Labute approximate surface area is 306 Å². The summed E-state index contributed by atoms with van der Waals surface area (Å²) in [7, 11) is 1.99. The fraction of sp³-hybridized carbons (Fsp3) is 0.447. The van der Waals surface area contributed by atoms with Gasteiger partial charge in [-0.25, -0.2) is 19.4 Å². The number of likely N-dealkylation sites (tertiary alicyclic amines) is 1. The van der Waals surface area contributed by atoms with Gasteiger partial charge in [0.05, 0.1) is 17.0 Å². The second-order valence-corrected chi connectivity index (χ2v) is 14.6. The van der Waals surface area contributed by atoms with Crippen LogP contribution in [0.2, 0.25) is 0 Å². The molecule has 0 radical (unpaired) electrons. The Bertz CT molecular complexity index is 2060. The maximum Gasteiger partial charge on any atom is 0.416 e. The first kappa shape index (κ1) is 37.6. The maximum atomic E-state index is 14.2. The Morgan fingerprint density at radius 1 is 0.981 bits per heavy atom. The third kappa shape index (κ3) is 8.89. The van der Waals surface area contributed by atoms with E-state index in [0.717, 1.165) is 24.7 Å². The van der Waals surface area contributed by atoms with Crippen molar-refractivity contribution in [2.75, 3.05) is 57.4 Å². The lowest BCUT2D eigenvalue weighted by Crippen LogP contribution is -2.44. The van der Waals surface area contributed by atoms with Gasteiger partial charge >= 0.3 is 12.3 Å². The summed E-state index contributed by atoms with van der Waals surface area (Å²) in [5, 5.41) is 7.92. The first-order chi connectivity index (χ1) is 25.1. The van der Waals surface area contributed by atoms with Gasteiger partial charge in [0.25, 0.3) is 5.91 Å². The third-order valence-corrected chi connectivity index (χ3v) is 9.46. The van der Waals surface area contributed by atoms with Crippen LogP contribution in [0, 0.1) is 18.8 Å². The van der Waals surface area contributed by atoms with Gasteiger partial charge in [0.1, 0.15) is 23.4 Å². The monoisotopic (exact) mass is 731 g/mol. The molecule has 0 saturated carbocycles. The highest BCUT2D eigenvalue weighted by Crippen LogP contribution is 2.35. The number of hydrogen-bond donors (Lipinski definition) is 2. The molecule has 2 aromatic heterocycles. The predicted octanol–water partition coefficient (Wildman–Crippen LogP) is 5.71. The number of rotatable bonds is 5.